The summed E-state index contributed by atoms with van der Waals surface area (Å²) in [5.41, 5.74) is 2.74. The summed E-state index contributed by atoms with van der Waals surface area (Å²) in [7, 11) is -3.34. The van der Waals surface area contributed by atoms with Crippen LogP contribution in [0.3, 0.4) is 0 Å². The summed E-state index contributed by atoms with van der Waals surface area (Å²) in [5.74, 6) is 0. The van der Waals surface area contributed by atoms with Crippen molar-refractivity contribution in [3.8, 4) is 0 Å². The molecule has 0 aliphatic heterocycles. The molecule has 4 aromatic carbocycles. The van der Waals surface area contributed by atoms with Crippen LogP contribution < -0.4 is 0 Å². The van der Waals surface area contributed by atoms with E-state index in [-0.39, 0.29) is 0 Å². The molecule has 0 aliphatic carbocycles. The lowest BCUT2D eigenvalue weighted by Crippen LogP contribution is -2.00. The highest BCUT2D eigenvalue weighted by Gasteiger charge is 2.15. The quantitative estimate of drug-likeness (QED) is 0.297. The second-order valence-electron chi connectivity index (χ2n) is 6.48. The van der Waals surface area contributed by atoms with Crippen LogP contribution >= 0.6 is 0 Å². The van der Waals surface area contributed by atoms with Gasteiger partial charge in [0.25, 0.3) is 0 Å². The number of nitrogens with one attached hydrogen (secondary N) is 2. The van der Waals surface area contributed by atoms with Crippen molar-refractivity contribution in [1.82, 2.24) is 0 Å². The molecule has 0 saturated carbocycles. The van der Waals surface area contributed by atoms with Gasteiger partial charge < -0.3 is 0 Å². The molecule has 0 atom stereocenters. The molecule has 0 radical (unpaired) electrons. The molecule has 0 bridgehead atoms. The fraction of sp³-hybridized carbons (Fsp3) is 0.0370. The third-order valence-corrected chi connectivity index (χ3v) is 5.99. The van der Waals surface area contributed by atoms with Gasteiger partial charge in [0.2, 0.25) is 22.0 Å². The fourth-order valence-electron chi connectivity index (χ4n) is 2.76. The number of benzene rings is 4. The molecule has 4 aromatic rings. The monoisotopic (exact) mass is 472 g/mol. The highest BCUT2D eigenvalue weighted by atomic mass is 32.2. The van der Waals surface area contributed by atoms with Crippen LogP contribution in [0.5, 0.6) is 0 Å². The third kappa shape index (κ3) is 10.3. The number of sulfone groups is 1. The number of isocyanates is 2. The van der Waals surface area contributed by atoms with Crippen molar-refractivity contribution < 1.29 is 18.0 Å². The Morgan fingerprint density at radius 2 is 0.735 bits per heavy atom. The first-order chi connectivity index (χ1) is 16.5. The Hall–Kier alpha value is -4.41. The largest absolute Gasteiger partial charge is 0.231 e. The highest BCUT2D eigenvalue weighted by Crippen LogP contribution is 2.19. The average molecular weight is 473 g/mol. The minimum absolute atomic E-state index is 0.330. The molecule has 0 spiro atoms. The van der Waals surface area contributed by atoms with Crippen molar-refractivity contribution in [3.63, 3.8) is 0 Å². The standard InChI is InChI=1S/C13H12.C12H10O2S.2CHNO/c1-3-7-12(8-4-1)11-13-9-5-2-6-10-13;13-15(14,11-7-3-1-4-8-11)12-9-5-2-6-10-12;2*2-1-3/h1-10H,11H2;1-10H;2*2H. The number of rotatable bonds is 4. The first-order valence-corrected chi connectivity index (χ1v) is 11.5. The SMILES string of the molecule is N=C=O.N=C=O.O=S(=O)(c1ccccc1)c1ccccc1.c1ccc(Cc2ccccc2)cc1. The molecule has 0 aromatic heterocycles. The maximum atomic E-state index is 12.0. The molecule has 0 heterocycles. The van der Waals surface area contributed by atoms with Gasteiger partial charge in [0.15, 0.2) is 0 Å². The Labute approximate surface area is 199 Å². The van der Waals surface area contributed by atoms with E-state index in [1.807, 2.05) is 0 Å². The van der Waals surface area contributed by atoms with E-state index in [4.69, 9.17) is 20.4 Å². The van der Waals surface area contributed by atoms with Gasteiger partial charge in [0.05, 0.1) is 9.79 Å². The average Bonchev–Trinajstić information content (AvgIpc) is 2.88. The van der Waals surface area contributed by atoms with Crippen molar-refractivity contribution in [2.75, 3.05) is 0 Å². The van der Waals surface area contributed by atoms with Crippen molar-refractivity contribution in [1.29, 1.82) is 10.8 Å². The minimum Gasteiger partial charge on any atom is -0.222 e. The van der Waals surface area contributed by atoms with E-state index < -0.39 is 9.84 Å². The molecule has 6 nitrogen and oxygen atoms in total. The Bertz CT molecular complexity index is 1160. The van der Waals surface area contributed by atoms with E-state index in [1.54, 1.807) is 60.7 Å². The summed E-state index contributed by atoms with van der Waals surface area (Å²) in [4.78, 5) is 17.4. The number of hydrogen-bond acceptors (Lipinski definition) is 6. The lowest BCUT2D eigenvalue weighted by atomic mass is 10.1. The summed E-state index contributed by atoms with van der Waals surface area (Å²) in [6.07, 6.45) is 2.53. The maximum Gasteiger partial charge on any atom is 0.231 e. The van der Waals surface area contributed by atoms with Crippen molar-refractivity contribution in [2.45, 2.75) is 16.2 Å². The Morgan fingerprint density at radius 3 is 1.00 bits per heavy atom. The van der Waals surface area contributed by atoms with Gasteiger partial charge in [-0.2, -0.15) is 0 Å². The number of hydrogen-bond donors (Lipinski definition) is 2. The topological polar surface area (TPSA) is 116 Å². The Kier molecular flexibility index (Phi) is 13.2. The normalized spacial score (nSPS) is 9.18. The zero-order valence-corrected chi connectivity index (χ0v) is 19.1. The van der Waals surface area contributed by atoms with Gasteiger partial charge in [-0.25, -0.2) is 28.8 Å². The van der Waals surface area contributed by atoms with Gasteiger partial charge in [-0.15, -0.1) is 0 Å². The van der Waals surface area contributed by atoms with Crippen LogP contribution in [-0.2, 0) is 25.8 Å². The van der Waals surface area contributed by atoms with E-state index >= 15 is 0 Å². The molecular weight excluding hydrogens is 448 g/mol. The first kappa shape index (κ1) is 27.6. The van der Waals surface area contributed by atoms with Crippen LogP contribution in [0.2, 0.25) is 0 Å². The van der Waals surface area contributed by atoms with Crippen LogP contribution in [0.15, 0.2) is 131 Å². The van der Waals surface area contributed by atoms with E-state index in [2.05, 4.69) is 60.7 Å². The maximum absolute atomic E-state index is 12.0. The lowest BCUT2D eigenvalue weighted by Gasteiger charge is -2.03. The summed E-state index contributed by atoms with van der Waals surface area (Å²) < 4.78 is 24.1. The van der Waals surface area contributed by atoms with Gasteiger partial charge in [-0.3, -0.25) is 0 Å². The molecule has 0 aliphatic rings. The third-order valence-electron chi connectivity index (χ3n) is 4.20. The molecule has 172 valence electrons. The van der Waals surface area contributed by atoms with Crippen LogP contribution in [-0.4, -0.2) is 20.6 Å². The molecule has 0 fully saturated rings. The van der Waals surface area contributed by atoms with E-state index in [0.717, 1.165) is 18.6 Å². The summed E-state index contributed by atoms with van der Waals surface area (Å²) >= 11 is 0. The van der Waals surface area contributed by atoms with Gasteiger partial charge >= 0.3 is 0 Å². The molecule has 4 rings (SSSR count). The predicted molar refractivity (Wildman–Crippen MR) is 131 cm³/mol. The zero-order chi connectivity index (χ0) is 25.1. The van der Waals surface area contributed by atoms with Crippen molar-refractivity contribution in [3.05, 3.63) is 132 Å². The summed E-state index contributed by atoms with van der Waals surface area (Å²) in [5, 5.41) is 10.8. The van der Waals surface area contributed by atoms with Gasteiger partial charge in [-0.05, 0) is 41.8 Å². The van der Waals surface area contributed by atoms with Crippen molar-refractivity contribution >= 4 is 22.0 Å². The van der Waals surface area contributed by atoms with Crippen LogP contribution in [0.25, 0.3) is 0 Å². The van der Waals surface area contributed by atoms with Crippen LogP contribution in [0, 0.1) is 10.8 Å². The van der Waals surface area contributed by atoms with E-state index in [1.165, 1.54) is 11.1 Å². The number of carbonyl (C=O) groups excluding carboxylic acids is 2. The second-order valence-corrected chi connectivity index (χ2v) is 8.43. The molecule has 7 heteroatoms. The molecule has 2 N–H and O–H groups in total. The van der Waals surface area contributed by atoms with E-state index in [9.17, 15) is 8.42 Å². The molecule has 0 saturated heterocycles. The lowest BCUT2D eigenvalue weighted by molar-refractivity contribution is 0.562. The smallest absolute Gasteiger partial charge is 0.222 e. The highest BCUT2D eigenvalue weighted by molar-refractivity contribution is 7.91. The van der Waals surface area contributed by atoms with Gasteiger partial charge in [0.1, 0.15) is 0 Å². The second kappa shape index (κ2) is 16.3. The van der Waals surface area contributed by atoms with Gasteiger partial charge in [-0.1, -0.05) is 97.1 Å². The molecule has 0 unspecified atom stereocenters. The van der Waals surface area contributed by atoms with E-state index in [0.29, 0.717) is 9.79 Å². The van der Waals surface area contributed by atoms with Crippen LogP contribution in [0.4, 0.5) is 0 Å². The Morgan fingerprint density at radius 1 is 0.500 bits per heavy atom. The first-order valence-electron chi connectivity index (χ1n) is 10.00. The molecular formula is C27H24N2O4S. The Balaban J connectivity index is 0.000000278. The van der Waals surface area contributed by atoms with Gasteiger partial charge in [0, 0.05) is 0 Å². The minimum atomic E-state index is -3.34. The summed E-state index contributed by atoms with van der Waals surface area (Å²) in [6, 6.07) is 37.9. The zero-order valence-electron chi connectivity index (χ0n) is 18.3. The predicted octanol–water partition coefficient (Wildman–Crippen LogP) is 5.60. The van der Waals surface area contributed by atoms with Crippen molar-refractivity contribution in [2.24, 2.45) is 0 Å². The van der Waals surface area contributed by atoms with Crippen LogP contribution in [0.1, 0.15) is 11.1 Å². The molecule has 34 heavy (non-hydrogen) atoms. The molecule has 0 amide bonds. The summed E-state index contributed by atoms with van der Waals surface area (Å²) in [6.45, 7) is 0. The fourth-order valence-corrected chi connectivity index (χ4v) is 4.07.